The summed E-state index contributed by atoms with van der Waals surface area (Å²) >= 11 is 0. The Morgan fingerprint density at radius 2 is 1.94 bits per heavy atom. The summed E-state index contributed by atoms with van der Waals surface area (Å²) < 4.78 is 65.2. The predicted octanol–water partition coefficient (Wildman–Crippen LogP) is 4.91. The normalized spacial score (nSPS) is 23.3. The van der Waals surface area contributed by atoms with Crippen molar-refractivity contribution in [1.82, 2.24) is 9.88 Å². The van der Waals surface area contributed by atoms with Crippen molar-refractivity contribution in [1.29, 1.82) is 0 Å². The maximum Gasteiger partial charge on any atom is 0.328 e. The van der Waals surface area contributed by atoms with Gasteiger partial charge in [0.25, 0.3) is 6.43 Å². The van der Waals surface area contributed by atoms with Gasteiger partial charge in [-0.25, -0.2) is 22.4 Å². The van der Waals surface area contributed by atoms with Crippen LogP contribution in [0.3, 0.4) is 0 Å². The number of carboxylic acids is 1. The van der Waals surface area contributed by atoms with Crippen LogP contribution in [0.4, 0.5) is 17.6 Å². The highest BCUT2D eigenvalue weighted by Crippen LogP contribution is 2.45. The highest BCUT2D eigenvalue weighted by Gasteiger charge is 2.47. The van der Waals surface area contributed by atoms with E-state index in [0.717, 1.165) is 29.7 Å². The van der Waals surface area contributed by atoms with Gasteiger partial charge in [0.15, 0.2) is 0 Å². The van der Waals surface area contributed by atoms with Crippen LogP contribution in [0.2, 0.25) is 0 Å². The molecule has 5 nitrogen and oxygen atoms in total. The fourth-order valence-electron chi connectivity index (χ4n) is 5.21. The number of halogens is 4. The molecule has 0 bridgehead atoms. The number of aromatic amines is 1. The summed E-state index contributed by atoms with van der Waals surface area (Å²) in [4.78, 5) is 15.5. The number of benzene rings is 2. The van der Waals surface area contributed by atoms with Gasteiger partial charge in [0.2, 0.25) is 0 Å². The summed E-state index contributed by atoms with van der Waals surface area (Å²) in [5.74, 6) is -3.12. The van der Waals surface area contributed by atoms with Gasteiger partial charge in [-0.1, -0.05) is 18.2 Å². The molecule has 3 atom stereocenters. The average molecular weight is 474 g/mol. The summed E-state index contributed by atoms with van der Waals surface area (Å²) in [5, 5.41) is 9.57. The Kier molecular flexibility index (Phi) is 5.91. The molecule has 9 heteroatoms. The van der Waals surface area contributed by atoms with Crippen molar-refractivity contribution in [2.75, 3.05) is 13.2 Å². The van der Waals surface area contributed by atoms with Gasteiger partial charge in [-0.3, -0.25) is 4.90 Å². The lowest BCUT2D eigenvalue weighted by atomic mass is 9.85. The van der Waals surface area contributed by atoms with Gasteiger partial charge in [-0.05, 0) is 48.2 Å². The molecule has 0 spiro atoms. The molecule has 0 radical (unpaired) electrons. The number of carbonyl (C=O) groups is 1. The van der Waals surface area contributed by atoms with Crippen LogP contribution in [-0.2, 0) is 16.0 Å². The van der Waals surface area contributed by atoms with E-state index >= 15 is 8.78 Å². The van der Waals surface area contributed by atoms with E-state index in [1.807, 2.05) is 6.07 Å². The van der Waals surface area contributed by atoms with E-state index in [2.05, 4.69) is 4.98 Å². The van der Waals surface area contributed by atoms with Crippen molar-refractivity contribution in [3.63, 3.8) is 0 Å². The second kappa shape index (κ2) is 8.88. The molecular formula is C25H22F4N2O3. The Hall–Kier alpha value is -3.17. The summed E-state index contributed by atoms with van der Waals surface area (Å²) in [5.41, 5.74) is 1.48. The highest BCUT2D eigenvalue weighted by atomic mass is 19.3. The van der Waals surface area contributed by atoms with Crippen molar-refractivity contribution in [3.05, 3.63) is 76.5 Å². The average Bonchev–Trinajstić information content (AvgIpc) is 3.44. The monoisotopic (exact) mass is 474 g/mol. The minimum absolute atomic E-state index is 0.0231. The van der Waals surface area contributed by atoms with E-state index in [1.54, 1.807) is 18.2 Å². The SMILES string of the molecule is O=C(O)/C=C/c1cc(F)c(C2c3[nH]c4ccccc4c3C[C@@H](C(F)F)N2C2CCOC2)c(F)c1. The highest BCUT2D eigenvalue weighted by molar-refractivity contribution is 5.86. The zero-order valence-electron chi connectivity index (χ0n) is 18.0. The summed E-state index contributed by atoms with van der Waals surface area (Å²) in [6, 6.07) is 6.44. The first kappa shape index (κ1) is 22.6. The zero-order valence-corrected chi connectivity index (χ0v) is 18.0. The number of hydrogen-bond acceptors (Lipinski definition) is 3. The van der Waals surface area contributed by atoms with Crippen molar-refractivity contribution in [2.24, 2.45) is 0 Å². The number of aromatic nitrogens is 1. The van der Waals surface area contributed by atoms with Gasteiger partial charge in [0, 0.05) is 40.9 Å². The van der Waals surface area contributed by atoms with E-state index in [-0.39, 0.29) is 24.2 Å². The fourth-order valence-corrected chi connectivity index (χ4v) is 5.21. The van der Waals surface area contributed by atoms with Crippen LogP contribution < -0.4 is 0 Å². The minimum Gasteiger partial charge on any atom is -0.478 e. The van der Waals surface area contributed by atoms with Crippen LogP contribution in [-0.4, -0.2) is 52.7 Å². The maximum absolute atomic E-state index is 15.5. The van der Waals surface area contributed by atoms with Crippen molar-refractivity contribution < 1.29 is 32.2 Å². The first-order valence-electron chi connectivity index (χ1n) is 11.0. The largest absolute Gasteiger partial charge is 0.478 e. The van der Waals surface area contributed by atoms with Crippen LogP contribution >= 0.6 is 0 Å². The number of para-hydroxylation sites is 1. The van der Waals surface area contributed by atoms with Gasteiger partial charge >= 0.3 is 5.97 Å². The van der Waals surface area contributed by atoms with E-state index in [9.17, 15) is 13.6 Å². The van der Waals surface area contributed by atoms with Gasteiger partial charge in [0.1, 0.15) is 11.6 Å². The molecule has 2 N–H and O–H groups in total. The number of aliphatic carboxylic acids is 1. The molecule has 178 valence electrons. The molecule has 2 unspecified atom stereocenters. The number of alkyl halides is 2. The third-order valence-corrected chi connectivity index (χ3v) is 6.63. The van der Waals surface area contributed by atoms with Crippen LogP contribution in [0.5, 0.6) is 0 Å². The zero-order chi connectivity index (χ0) is 24.0. The third kappa shape index (κ3) is 3.88. The smallest absolute Gasteiger partial charge is 0.328 e. The Morgan fingerprint density at radius 1 is 1.21 bits per heavy atom. The Morgan fingerprint density at radius 3 is 2.59 bits per heavy atom. The van der Waals surface area contributed by atoms with Crippen molar-refractivity contribution >= 4 is 22.9 Å². The fraction of sp³-hybridized carbons (Fsp3) is 0.320. The number of nitrogens with zero attached hydrogens (tertiary/aromatic N) is 1. The summed E-state index contributed by atoms with van der Waals surface area (Å²) in [6.45, 7) is 0.575. The predicted molar refractivity (Wildman–Crippen MR) is 118 cm³/mol. The molecule has 1 saturated heterocycles. The second-order valence-electron chi connectivity index (χ2n) is 8.61. The lowest BCUT2D eigenvalue weighted by Gasteiger charge is -2.45. The number of hydrogen-bond donors (Lipinski definition) is 2. The van der Waals surface area contributed by atoms with Crippen LogP contribution in [0.1, 0.15) is 34.8 Å². The van der Waals surface area contributed by atoms with E-state index in [4.69, 9.17) is 9.84 Å². The summed E-state index contributed by atoms with van der Waals surface area (Å²) in [7, 11) is 0. The molecule has 2 aliphatic rings. The van der Waals surface area contributed by atoms with Crippen molar-refractivity contribution in [3.8, 4) is 0 Å². The number of carboxylic acid groups (broad SMARTS) is 1. The van der Waals surface area contributed by atoms with E-state index in [0.29, 0.717) is 29.8 Å². The van der Waals surface area contributed by atoms with Crippen LogP contribution in [0.25, 0.3) is 17.0 Å². The number of H-pyrrole nitrogens is 1. The van der Waals surface area contributed by atoms with Gasteiger partial charge in [-0.15, -0.1) is 0 Å². The molecule has 1 aromatic heterocycles. The molecule has 3 aromatic rings. The quantitative estimate of drug-likeness (QED) is 0.407. The molecule has 34 heavy (non-hydrogen) atoms. The Labute approximate surface area is 192 Å². The number of fused-ring (bicyclic) bond motifs is 3. The first-order valence-corrected chi connectivity index (χ1v) is 11.0. The van der Waals surface area contributed by atoms with Gasteiger partial charge < -0.3 is 14.8 Å². The first-order chi connectivity index (χ1) is 16.3. The molecule has 0 amide bonds. The topological polar surface area (TPSA) is 65.6 Å². The van der Waals surface area contributed by atoms with Gasteiger partial charge in [-0.2, -0.15) is 0 Å². The standard InChI is InChI=1S/C25H22F4N2O3/c26-17-9-13(5-6-21(32)33)10-18(27)22(17)24-23-16(15-3-1-2-4-19(15)30-23)11-20(25(28)29)31(24)14-7-8-34-12-14/h1-6,9-10,14,20,24-25,30H,7-8,11-12H2,(H,32,33)/b6-5+/t14?,20-,24?/m0/s1. The number of nitrogens with one attached hydrogen (secondary N) is 1. The van der Waals surface area contributed by atoms with Crippen LogP contribution in [0, 0.1) is 11.6 Å². The molecule has 1 fully saturated rings. The van der Waals surface area contributed by atoms with Gasteiger partial charge in [0.05, 0.1) is 18.7 Å². The van der Waals surface area contributed by atoms with E-state index in [1.165, 1.54) is 4.90 Å². The third-order valence-electron chi connectivity index (χ3n) is 6.63. The summed E-state index contributed by atoms with van der Waals surface area (Å²) in [6.07, 6.45) is -0.379. The number of rotatable bonds is 5. The second-order valence-corrected chi connectivity index (χ2v) is 8.61. The molecule has 3 heterocycles. The molecule has 5 rings (SSSR count). The van der Waals surface area contributed by atoms with E-state index < -0.39 is 42.2 Å². The lowest BCUT2D eigenvalue weighted by molar-refractivity contribution is -0.131. The Bertz CT molecular complexity index is 1240. The minimum atomic E-state index is -2.74. The van der Waals surface area contributed by atoms with Crippen LogP contribution in [0.15, 0.2) is 42.5 Å². The number of ether oxygens (including phenoxy) is 1. The molecule has 2 aliphatic heterocycles. The molecular weight excluding hydrogens is 452 g/mol. The Balaban J connectivity index is 1.73. The molecule has 0 aliphatic carbocycles. The molecule has 2 aromatic carbocycles. The lowest BCUT2D eigenvalue weighted by Crippen LogP contribution is -2.53. The maximum atomic E-state index is 15.5. The van der Waals surface area contributed by atoms with Crippen molar-refractivity contribution in [2.45, 2.75) is 37.4 Å². The molecule has 0 saturated carbocycles.